The third-order valence-electron chi connectivity index (χ3n) is 0.109. The van der Waals surface area contributed by atoms with Crippen molar-refractivity contribution >= 4 is 34.9 Å². The normalized spacial score (nSPS) is 5.90. The van der Waals surface area contributed by atoms with Crippen LogP contribution in [0, 0.1) is 0 Å². The van der Waals surface area contributed by atoms with E-state index in [1.165, 1.54) is 29.9 Å². The fraction of sp³-hybridized carbons (Fsp3) is 0.500. The fourth-order valence-electron chi connectivity index (χ4n) is 0. The summed E-state index contributed by atoms with van der Waals surface area (Å²) in [5.41, 5.74) is 0. The monoisotopic (exact) mass is 268 g/mol. The third-order valence-corrected chi connectivity index (χ3v) is 0.729. The predicted molar refractivity (Wildman–Crippen MR) is 36.5 cm³/mol. The van der Waals surface area contributed by atoms with E-state index >= 15 is 0 Å². The number of carboxylic acid groups (broad SMARTS) is 1. The second kappa shape index (κ2) is 12.4. The molecular weight excluding hydrogens is 262 g/mol. The Hall–Kier alpha value is 0.670. The van der Waals surface area contributed by atoms with Crippen molar-refractivity contribution in [3.05, 3.63) is 0 Å². The van der Waals surface area contributed by atoms with Gasteiger partial charge in [0.1, 0.15) is 0 Å². The Labute approximate surface area is 95.3 Å². The first kappa shape index (κ1) is 17.0. The molecule has 0 aromatic heterocycles. The zero-order valence-electron chi connectivity index (χ0n) is 6.01. The van der Waals surface area contributed by atoms with Gasteiger partial charge in [-0.15, -0.1) is 0 Å². The van der Waals surface area contributed by atoms with Gasteiger partial charge in [0.05, 0.1) is 0 Å². The predicted octanol–water partition coefficient (Wildman–Crippen LogP) is -3.34. The van der Waals surface area contributed by atoms with Gasteiger partial charge in [0.25, 0.3) is 0 Å². The Morgan fingerprint density at radius 1 is 1.40 bits per heavy atom. The molecule has 0 bridgehead atoms. The van der Waals surface area contributed by atoms with Crippen LogP contribution in [0.25, 0.3) is 0 Å². The maximum atomic E-state index is 9.58. The second-order valence-electron chi connectivity index (χ2n) is 1.06. The van der Waals surface area contributed by atoms with Crippen LogP contribution in [0.4, 0.5) is 0 Å². The van der Waals surface area contributed by atoms with Crippen molar-refractivity contribution < 1.29 is 47.3 Å². The molecular formula is C4H6INaO4. The molecule has 0 radical (unpaired) electrons. The second-order valence-corrected chi connectivity index (χ2v) is 1.50. The van der Waals surface area contributed by atoms with E-state index < -0.39 is 5.97 Å². The number of carboxylic acids is 1. The molecule has 0 saturated carbocycles. The van der Waals surface area contributed by atoms with E-state index in [-0.39, 0.29) is 35.5 Å². The summed E-state index contributed by atoms with van der Waals surface area (Å²) < 4.78 is 4.08. The largest absolute Gasteiger partial charge is 1.00 e. The smallest absolute Gasteiger partial charge is 0.550 e. The van der Waals surface area contributed by atoms with Crippen molar-refractivity contribution in [2.45, 2.75) is 13.8 Å². The van der Waals surface area contributed by atoms with Gasteiger partial charge < -0.3 is 13.0 Å². The number of hydrogen-bond acceptors (Lipinski definition) is 4. The van der Waals surface area contributed by atoms with E-state index in [9.17, 15) is 4.79 Å². The zero-order valence-corrected chi connectivity index (χ0v) is 10.2. The van der Waals surface area contributed by atoms with Gasteiger partial charge in [0, 0.05) is 12.9 Å². The molecule has 0 saturated heterocycles. The third kappa shape index (κ3) is 71.5. The number of halogens is 1. The number of hydrogen-bond donors (Lipinski definition) is 0. The van der Waals surface area contributed by atoms with Crippen LogP contribution >= 0.6 is 23.0 Å². The summed E-state index contributed by atoms with van der Waals surface area (Å²) in [5, 5.41) is 8.89. The van der Waals surface area contributed by atoms with Crippen LogP contribution in [0.2, 0.25) is 0 Å². The minimum absolute atomic E-state index is 0. The van der Waals surface area contributed by atoms with Crippen LogP contribution < -0.4 is 34.7 Å². The van der Waals surface area contributed by atoms with Gasteiger partial charge in [0.15, 0.2) is 23.0 Å². The van der Waals surface area contributed by atoms with Gasteiger partial charge in [-0.25, -0.2) is 0 Å². The van der Waals surface area contributed by atoms with Crippen molar-refractivity contribution in [1.82, 2.24) is 0 Å². The molecule has 54 valence electrons. The molecule has 0 heterocycles. The van der Waals surface area contributed by atoms with Crippen molar-refractivity contribution in [3.8, 4) is 0 Å². The van der Waals surface area contributed by atoms with Gasteiger partial charge in [-0.1, -0.05) is 0 Å². The molecule has 10 heavy (non-hydrogen) atoms. The van der Waals surface area contributed by atoms with Gasteiger partial charge >= 0.3 is 35.5 Å². The first-order valence-corrected chi connectivity index (χ1v) is 2.85. The Morgan fingerprint density at radius 3 is 1.50 bits per heavy atom. The number of aliphatic carboxylic acids is 1. The maximum Gasteiger partial charge on any atom is 1.00 e. The van der Waals surface area contributed by atoms with Crippen LogP contribution in [0.1, 0.15) is 13.8 Å². The van der Waals surface area contributed by atoms with Crippen molar-refractivity contribution in [2.75, 3.05) is 0 Å². The standard InChI is InChI=1S/C2H3IO2.C2H4O2.Na/c1-2(4)5-3;1-2(3)4;/h1H3;1H3,(H,3,4);/q;;+1/p-1. The molecule has 0 aliphatic carbocycles. The quantitative estimate of drug-likeness (QED) is 0.340. The number of carbonyl (C=O) groups is 2. The molecule has 0 atom stereocenters. The van der Waals surface area contributed by atoms with Gasteiger partial charge in [-0.2, -0.15) is 0 Å². The molecule has 0 rings (SSSR count). The molecule has 6 heteroatoms. The van der Waals surface area contributed by atoms with Crippen molar-refractivity contribution in [3.63, 3.8) is 0 Å². The van der Waals surface area contributed by atoms with E-state index in [1.54, 1.807) is 0 Å². The summed E-state index contributed by atoms with van der Waals surface area (Å²) in [6.07, 6.45) is 0. The Morgan fingerprint density at radius 2 is 1.50 bits per heavy atom. The summed E-state index contributed by atoms with van der Waals surface area (Å²) in [6.45, 7) is 2.33. The molecule has 0 aromatic rings. The maximum absolute atomic E-state index is 9.58. The number of rotatable bonds is 0. The molecule has 0 amide bonds. The summed E-state index contributed by atoms with van der Waals surface area (Å²) in [4.78, 5) is 18.5. The van der Waals surface area contributed by atoms with Crippen LogP contribution in [0.5, 0.6) is 0 Å². The number of carbonyl (C=O) groups excluding carboxylic acids is 2. The van der Waals surface area contributed by atoms with Crippen LogP contribution in [-0.2, 0) is 12.7 Å². The summed E-state index contributed by atoms with van der Waals surface area (Å²) in [5.74, 6) is -1.34. The summed E-state index contributed by atoms with van der Waals surface area (Å²) >= 11 is 1.53. The van der Waals surface area contributed by atoms with Gasteiger partial charge in [-0.05, 0) is 6.92 Å². The summed E-state index contributed by atoms with van der Waals surface area (Å²) in [6, 6.07) is 0. The Kier molecular flexibility index (Phi) is 21.0. The topological polar surface area (TPSA) is 66.4 Å². The van der Waals surface area contributed by atoms with Crippen molar-refractivity contribution in [1.29, 1.82) is 0 Å². The van der Waals surface area contributed by atoms with Crippen LogP contribution in [-0.4, -0.2) is 11.9 Å². The van der Waals surface area contributed by atoms with E-state index in [4.69, 9.17) is 9.90 Å². The molecule has 0 fully saturated rings. The first-order valence-electron chi connectivity index (χ1n) is 1.97. The SMILES string of the molecule is CC(=O)OI.CC(=O)[O-].[Na+]. The average Bonchev–Trinajstić information content (AvgIpc) is 1.65. The van der Waals surface area contributed by atoms with E-state index in [0.717, 1.165) is 6.92 Å². The molecule has 0 unspecified atom stereocenters. The van der Waals surface area contributed by atoms with E-state index in [2.05, 4.69) is 3.07 Å². The first-order chi connectivity index (χ1) is 4.00. The van der Waals surface area contributed by atoms with Crippen LogP contribution in [0.15, 0.2) is 0 Å². The molecule has 0 N–H and O–H groups in total. The summed E-state index contributed by atoms with van der Waals surface area (Å²) in [7, 11) is 0. The van der Waals surface area contributed by atoms with E-state index in [1.807, 2.05) is 0 Å². The molecule has 0 aromatic carbocycles. The average molecular weight is 268 g/mol. The Bertz CT molecular complexity index is 101. The van der Waals surface area contributed by atoms with Gasteiger partial charge in [-0.3, -0.25) is 4.79 Å². The Balaban J connectivity index is -0.0000000910. The molecule has 0 aliphatic rings. The fourth-order valence-corrected chi connectivity index (χ4v) is 0. The minimum atomic E-state index is -1.08. The van der Waals surface area contributed by atoms with Gasteiger partial charge in [0.2, 0.25) is 0 Å². The van der Waals surface area contributed by atoms with E-state index in [0.29, 0.717) is 0 Å². The van der Waals surface area contributed by atoms with Crippen molar-refractivity contribution in [2.24, 2.45) is 0 Å². The molecule has 4 nitrogen and oxygen atoms in total. The molecule has 0 spiro atoms. The zero-order chi connectivity index (χ0) is 7.86. The van der Waals surface area contributed by atoms with Crippen LogP contribution in [0.3, 0.4) is 0 Å². The molecule has 0 aliphatic heterocycles. The minimum Gasteiger partial charge on any atom is -0.550 e.